The second-order valence-corrected chi connectivity index (χ2v) is 10.3. The fourth-order valence-corrected chi connectivity index (χ4v) is 5.09. The summed E-state index contributed by atoms with van der Waals surface area (Å²) in [6.45, 7) is 0.137. The normalized spacial score (nSPS) is 14.6. The topological polar surface area (TPSA) is 181 Å². The van der Waals surface area contributed by atoms with Crippen molar-refractivity contribution in [3.63, 3.8) is 0 Å². The van der Waals surface area contributed by atoms with Crippen LogP contribution in [0.2, 0.25) is 0 Å². The molecule has 0 spiro atoms. The van der Waals surface area contributed by atoms with E-state index in [1.54, 1.807) is 17.0 Å². The molecule has 14 heteroatoms. The minimum absolute atomic E-state index is 0.0230. The van der Waals surface area contributed by atoms with Crippen LogP contribution in [0.1, 0.15) is 29.5 Å². The van der Waals surface area contributed by atoms with Crippen molar-refractivity contribution in [2.45, 2.75) is 12.8 Å². The third-order valence-electron chi connectivity index (χ3n) is 7.18. The second-order valence-electron chi connectivity index (χ2n) is 10.3. The zero-order chi connectivity index (χ0) is 32.6. The van der Waals surface area contributed by atoms with Crippen molar-refractivity contribution in [2.75, 3.05) is 36.5 Å². The molecule has 0 radical (unpaired) electrons. The lowest BCUT2D eigenvalue weighted by atomic mass is 9.97. The number of hydrazine groups is 1. The summed E-state index contributed by atoms with van der Waals surface area (Å²) in [5, 5.41) is 25.3. The Labute approximate surface area is 263 Å². The van der Waals surface area contributed by atoms with E-state index in [1.807, 2.05) is 42.5 Å². The lowest BCUT2D eigenvalue weighted by Gasteiger charge is -2.28. The summed E-state index contributed by atoms with van der Waals surface area (Å²) in [6.07, 6.45) is 3.27. The van der Waals surface area contributed by atoms with Gasteiger partial charge in [-0.1, -0.05) is 65.8 Å². The predicted molar refractivity (Wildman–Crippen MR) is 167 cm³/mol. The molecule has 3 aromatic carbocycles. The van der Waals surface area contributed by atoms with Gasteiger partial charge in [-0.05, 0) is 36.6 Å². The number of fused-ring (bicyclic) bond motifs is 1. The summed E-state index contributed by atoms with van der Waals surface area (Å²) in [5.41, 5.74) is 4.68. The number of carbonyl (C=O) groups is 5. The van der Waals surface area contributed by atoms with Crippen LogP contribution in [-0.2, 0) is 19.2 Å². The summed E-state index contributed by atoms with van der Waals surface area (Å²) >= 11 is 0. The lowest BCUT2D eigenvalue weighted by molar-refractivity contribution is -0.142. The number of nitrogens with one attached hydrogen (secondary N) is 2. The van der Waals surface area contributed by atoms with Crippen molar-refractivity contribution >= 4 is 52.6 Å². The zero-order valence-electron chi connectivity index (χ0n) is 24.5. The highest BCUT2D eigenvalue weighted by atomic mass is 16.6. The van der Waals surface area contributed by atoms with E-state index in [-0.39, 0.29) is 23.7 Å². The largest absolute Gasteiger partial charge is 0.479 e. The van der Waals surface area contributed by atoms with E-state index in [4.69, 9.17) is 5.11 Å². The van der Waals surface area contributed by atoms with Gasteiger partial charge in [0.1, 0.15) is 6.54 Å². The summed E-state index contributed by atoms with van der Waals surface area (Å²) in [7, 11) is 0. The molecule has 0 bridgehead atoms. The van der Waals surface area contributed by atoms with Crippen molar-refractivity contribution in [1.29, 1.82) is 0 Å². The van der Waals surface area contributed by atoms with Crippen molar-refractivity contribution in [3.05, 3.63) is 102 Å². The van der Waals surface area contributed by atoms with Crippen LogP contribution in [0.3, 0.4) is 0 Å². The number of hydrogen-bond donors (Lipinski definition) is 4. The molecule has 14 nitrogen and oxygen atoms in total. The van der Waals surface area contributed by atoms with Crippen molar-refractivity contribution in [3.8, 4) is 0 Å². The fraction of sp³-hybridized carbons (Fsp3) is 0.188. The second kappa shape index (κ2) is 14.1. The van der Waals surface area contributed by atoms with Crippen LogP contribution in [-0.4, -0.2) is 82.0 Å². The molecule has 0 aliphatic carbocycles. The summed E-state index contributed by atoms with van der Waals surface area (Å²) in [6, 6.07) is 20.6. The molecule has 0 atom stereocenters. The molecule has 2 aliphatic heterocycles. The average molecular weight is 627 g/mol. The van der Waals surface area contributed by atoms with Crippen molar-refractivity contribution in [2.24, 2.45) is 5.16 Å². The lowest BCUT2D eigenvalue weighted by Crippen LogP contribution is -2.52. The fourth-order valence-electron chi connectivity index (χ4n) is 5.09. The summed E-state index contributed by atoms with van der Waals surface area (Å²) in [5.74, 6) is -3.03. The molecular formula is C32H30N6O8. The standard InChI is InChI=1S/C32H30N6O8/c39-27(36-15-6-7-16-36)19-37-26-14-5-4-13-24(26)25(21-9-2-1-3-10-21)18-38(32(37)45)34-31(44)33-23-12-8-11-22(17-23)29(30(42)43)35-46-20-28(40)41/h1-5,8-14,17-18H,6-7,15-16,19-20H2,(H,40,41)(H,42,43)(H2,33,34,44). The molecule has 236 valence electrons. The number of hydrogen-bond acceptors (Lipinski definition) is 7. The molecule has 2 heterocycles. The Bertz CT molecular complexity index is 1720. The first-order valence-electron chi connectivity index (χ1n) is 14.3. The third kappa shape index (κ3) is 7.30. The minimum Gasteiger partial charge on any atom is -0.479 e. The molecule has 2 aliphatic rings. The van der Waals surface area contributed by atoms with Gasteiger partial charge in [-0.3, -0.25) is 9.69 Å². The predicted octanol–water partition coefficient (Wildman–Crippen LogP) is 3.57. The first kappa shape index (κ1) is 31.3. The van der Waals surface area contributed by atoms with Crippen LogP contribution >= 0.6 is 0 Å². The first-order chi connectivity index (χ1) is 22.2. The van der Waals surface area contributed by atoms with Gasteiger partial charge in [-0.15, -0.1) is 0 Å². The molecule has 0 unspecified atom stereocenters. The number of amides is 5. The van der Waals surface area contributed by atoms with Crippen LogP contribution in [0.4, 0.5) is 21.0 Å². The number of anilines is 2. The molecule has 5 amide bonds. The van der Waals surface area contributed by atoms with E-state index in [1.165, 1.54) is 35.4 Å². The van der Waals surface area contributed by atoms with Gasteiger partial charge in [0.05, 0.1) is 5.69 Å². The highest BCUT2D eigenvalue weighted by Gasteiger charge is 2.33. The Hall–Kier alpha value is -6.18. The number of benzene rings is 3. The molecule has 46 heavy (non-hydrogen) atoms. The van der Waals surface area contributed by atoms with Crippen molar-refractivity contribution in [1.82, 2.24) is 15.3 Å². The highest BCUT2D eigenvalue weighted by molar-refractivity contribution is 6.42. The maximum atomic E-state index is 14.0. The van der Waals surface area contributed by atoms with Crippen LogP contribution in [0.15, 0.2) is 90.2 Å². The summed E-state index contributed by atoms with van der Waals surface area (Å²) < 4.78 is 0. The molecule has 1 saturated heterocycles. The first-order valence-corrected chi connectivity index (χ1v) is 14.3. The highest BCUT2D eigenvalue weighted by Crippen LogP contribution is 2.35. The van der Waals surface area contributed by atoms with Gasteiger partial charge in [0.25, 0.3) is 0 Å². The maximum Gasteiger partial charge on any atom is 0.358 e. The van der Waals surface area contributed by atoms with Gasteiger partial charge in [-0.25, -0.2) is 29.6 Å². The van der Waals surface area contributed by atoms with Crippen LogP contribution in [0.25, 0.3) is 5.57 Å². The monoisotopic (exact) mass is 626 g/mol. The van der Waals surface area contributed by atoms with Gasteiger partial charge in [-0.2, -0.15) is 0 Å². The zero-order valence-corrected chi connectivity index (χ0v) is 24.5. The van der Waals surface area contributed by atoms with E-state index in [0.29, 0.717) is 29.9 Å². The number of oxime groups is 1. The average Bonchev–Trinajstić information content (AvgIpc) is 3.56. The van der Waals surface area contributed by atoms with E-state index in [0.717, 1.165) is 23.4 Å². The number of aliphatic carboxylic acids is 2. The number of para-hydroxylation sites is 1. The SMILES string of the molecule is O=C(O)CON=C(C(=O)O)c1cccc(NC(=O)NN2C=C(c3ccccc3)c3ccccc3N(CC(=O)N3CCCC3)C2=O)c1. The Morgan fingerprint density at radius 1 is 0.891 bits per heavy atom. The van der Waals surface area contributed by atoms with E-state index < -0.39 is 36.3 Å². The van der Waals surface area contributed by atoms with Crippen LogP contribution in [0, 0.1) is 0 Å². The molecule has 1 fully saturated rings. The molecular weight excluding hydrogens is 596 g/mol. The third-order valence-corrected chi connectivity index (χ3v) is 7.18. The van der Waals surface area contributed by atoms with Crippen LogP contribution < -0.4 is 15.6 Å². The number of rotatable bonds is 10. The summed E-state index contributed by atoms with van der Waals surface area (Å²) in [4.78, 5) is 70.7. The number of nitrogens with zero attached hydrogens (tertiary/aromatic N) is 4. The van der Waals surface area contributed by atoms with Gasteiger partial charge in [0, 0.05) is 41.7 Å². The Balaban J connectivity index is 1.44. The Kier molecular flexibility index (Phi) is 9.56. The van der Waals surface area contributed by atoms with Gasteiger partial charge in [0.2, 0.25) is 12.5 Å². The van der Waals surface area contributed by atoms with Crippen molar-refractivity contribution < 1.29 is 39.0 Å². The van der Waals surface area contributed by atoms with Gasteiger partial charge in [0.15, 0.2) is 5.71 Å². The maximum absolute atomic E-state index is 14.0. The molecule has 4 N–H and O–H groups in total. The van der Waals surface area contributed by atoms with Gasteiger partial charge < -0.3 is 25.3 Å². The number of likely N-dealkylation sites (tertiary alicyclic amines) is 1. The Morgan fingerprint density at radius 3 is 2.33 bits per heavy atom. The number of carboxylic acid groups (broad SMARTS) is 2. The number of carboxylic acids is 2. The van der Waals surface area contributed by atoms with Crippen LogP contribution in [0.5, 0.6) is 0 Å². The Morgan fingerprint density at radius 2 is 1.61 bits per heavy atom. The molecule has 3 aromatic rings. The number of urea groups is 2. The van der Waals surface area contributed by atoms with E-state index in [2.05, 4.69) is 20.7 Å². The molecule has 5 rings (SSSR count). The van der Waals surface area contributed by atoms with E-state index in [9.17, 15) is 29.1 Å². The van der Waals surface area contributed by atoms with E-state index >= 15 is 0 Å². The minimum atomic E-state index is -1.48. The quantitative estimate of drug-likeness (QED) is 0.195. The smallest absolute Gasteiger partial charge is 0.358 e. The molecule has 0 aromatic heterocycles. The molecule has 0 saturated carbocycles. The number of carbonyl (C=O) groups excluding carboxylic acids is 3. The van der Waals surface area contributed by atoms with Gasteiger partial charge >= 0.3 is 24.0 Å².